The number of amides is 1. The first-order valence-electron chi connectivity index (χ1n) is 10.4. The van der Waals surface area contributed by atoms with Gasteiger partial charge in [0.1, 0.15) is 5.82 Å². The summed E-state index contributed by atoms with van der Waals surface area (Å²) in [5, 5.41) is 5.34. The second kappa shape index (κ2) is 9.72. The molecule has 6 nitrogen and oxygen atoms in total. The third-order valence-corrected chi connectivity index (χ3v) is 6.10. The highest BCUT2D eigenvalue weighted by Crippen LogP contribution is 2.31. The van der Waals surface area contributed by atoms with E-state index < -0.39 is 0 Å². The number of anilines is 1. The zero-order valence-electron chi connectivity index (χ0n) is 17.7. The van der Waals surface area contributed by atoms with Crippen molar-refractivity contribution >= 4 is 22.4 Å². The first-order valence-corrected chi connectivity index (χ1v) is 11.3. The lowest BCUT2D eigenvalue weighted by molar-refractivity contribution is -0.117. The highest BCUT2D eigenvalue weighted by atomic mass is 32.1. The number of aromatic nitrogens is 2. The molecule has 164 valence electrons. The number of ether oxygens (including phenoxy) is 2. The number of nitrogens with one attached hydrogen (secondary N) is 1. The molecular formula is C23H26FN3O3S. The molecule has 3 aromatic rings. The molecular weight excluding hydrogens is 417 g/mol. The molecule has 3 heterocycles. The number of hydrogen-bond donors (Lipinski definition) is 1. The standard InChI is InChI=1S/C23H26FN3O3S/c1-15-12-20(16(2)27(15)18-7-5-17(24)6-8-18)21-14-31-23(25-21)26-22(28)9-11-29-13-19-4-3-10-30-19/h5-8,12,14,19H,3-4,9-11,13H2,1-2H3,(H,25,26,28). The molecule has 1 saturated heterocycles. The molecule has 1 aromatic carbocycles. The molecule has 0 aliphatic carbocycles. The van der Waals surface area contributed by atoms with Gasteiger partial charge in [0, 0.05) is 34.6 Å². The van der Waals surface area contributed by atoms with Gasteiger partial charge in [-0.05, 0) is 57.0 Å². The van der Waals surface area contributed by atoms with Gasteiger partial charge in [0.15, 0.2) is 5.13 Å². The van der Waals surface area contributed by atoms with E-state index >= 15 is 0 Å². The van der Waals surface area contributed by atoms with Crippen LogP contribution in [0.1, 0.15) is 30.7 Å². The lowest BCUT2D eigenvalue weighted by Crippen LogP contribution is -2.18. The molecule has 1 unspecified atom stereocenters. The SMILES string of the molecule is Cc1cc(-c2csc(NC(=O)CCOCC3CCCO3)n2)c(C)n1-c1ccc(F)cc1. The Kier molecular flexibility index (Phi) is 6.80. The van der Waals surface area contributed by atoms with Crippen LogP contribution in [0.4, 0.5) is 9.52 Å². The van der Waals surface area contributed by atoms with E-state index in [9.17, 15) is 9.18 Å². The van der Waals surface area contributed by atoms with Gasteiger partial charge in [0.25, 0.3) is 0 Å². The van der Waals surface area contributed by atoms with Crippen LogP contribution in [0, 0.1) is 19.7 Å². The fraction of sp³-hybridized carbons (Fsp3) is 0.391. The summed E-state index contributed by atoms with van der Waals surface area (Å²) in [7, 11) is 0. The summed E-state index contributed by atoms with van der Waals surface area (Å²) in [5.74, 6) is -0.381. The van der Waals surface area contributed by atoms with Gasteiger partial charge in [-0.15, -0.1) is 11.3 Å². The Morgan fingerprint density at radius 1 is 1.35 bits per heavy atom. The maximum atomic E-state index is 13.3. The lowest BCUT2D eigenvalue weighted by atomic mass is 10.2. The van der Waals surface area contributed by atoms with Gasteiger partial charge in [0.2, 0.25) is 5.91 Å². The van der Waals surface area contributed by atoms with Gasteiger partial charge < -0.3 is 19.4 Å². The van der Waals surface area contributed by atoms with Crippen molar-refractivity contribution in [3.05, 3.63) is 52.9 Å². The average Bonchev–Trinajstić information content (AvgIpc) is 3.48. The second-order valence-corrected chi connectivity index (χ2v) is 8.50. The molecule has 1 aliphatic heterocycles. The molecule has 1 amide bonds. The van der Waals surface area contributed by atoms with E-state index in [1.54, 1.807) is 12.1 Å². The second-order valence-electron chi connectivity index (χ2n) is 7.64. The Morgan fingerprint density at radius 2 is 2.16 bits per heavy atom. The number of nitrogens with zero attached hydrogens (tertiary/aromatic N) is 2. The largest absolute Gasteiger partial charge is 0.378 e. The molecule has 1 fully saturated rings. The summed E-state index contributed by atoms with van der Waals surface area (Å²) in [6.45, 7) is 5.72. The predicted octanol–water partition coefficient (Wildman–Crippen LogP) is 4.88. The summed E-state index contributed by atoms with van der Waals surface area (Å²) in [4.78, 5) is 16.8. The highest BCUT2D eigenvalue weighted by Gasteiger charge is 2.17. The Bertz CT molecular complexity index is 1040. The number of hydrogen-bond acceptors (Lipinski definition) is 5. The van der Waals surface area contributed by atoms with E-state index in [4.69, 9.17) is 9.47 Å². The first kappa shape index (κ1) is 21.7. The van der Waals surface area contributed by atoms with Gasteiger partial charge in [-0.3, -0.25) is 4.79 Å². The summed E-state index contributed by atoms with van der Waals surface area (Å²) < 4.78 is 26.4. The minimum Gasteiger partial charge on any atom is -0.378 e. The summed E-state index contributed by atoms with van der Waals surface area (Å²) in [6, 6.07) is 8.47. The van der Waals surface area contributed by atoms with Crippen LogP contribution >= 0.6 is 11.3 Å². The van der Waals surface area contributed by atoms with Crippen molar-refractivity contribution in [2.24, 2.45) is 0 Å². The predicted molar refractivity (Wildman–Crippen MR) is 119 cm³/mol. The molecule has 1 aliphatic rings. The van der Waals surface area contributed by atoms with Crippen molar-refractivity contribution in [1.29, 1.82) is 0 Å². The van der Waals surface area contributed by atoms with Crippen molar-refractivity contribution in [2.45, 2.75) is 39.2 Å². The minimum atomic E-state index is -0.261. The van der Waals surface area contributed by atoms with Crippen molar-refractivity contribution in [3.8, 4) is 16.9 Å². The zero-order chi connectivity index (χ0) is 21.8. The smallest absolute Gasteiger partial charge is 0.228 e. The number of rotatable bonds is 8. The van der Waals surface area contributed by atoms with E-state index in [0.717, 1.165) is 47.8 Å². The molecule has 31 heavy (non-hydrogen) atoms. The maximum absolute atomic E-state index is 13.3. The van der Waals surface area contributed by atoms with Crippen molar-refractivity contribution in [1.82, 2.24) is 9.55 Å². The molecule has 0 radical (unpaired) electrons. The quantitative estimate of drug-likeness (QED) is 0.504. The van der Waals surface area contributed by atoms with E-state index in [0.29, 0.717) is 18.3 Å². The number of benzene rings is 1. The molecule has 2 aromatic heterocycles. The van der Waals surface area contributed by atoms with E-state index in [1.807, 2.05) is 19.2 Å². The van der Waals surface area contributed by atoms with Crippen LogP contribution in [0.15, 0.2) is 35.7 Å². The van der Waals surface area contributed by atoms with Crippen LogP contribution in [-0.2, 0) is 14.3 Å². The van der Waals surface area contributed by atoms with Gasteiger partial charge in [-0.25, -0.2) is 9.37 Å². The third-order valence-electron chi connectivity index (χ3n) is 5.34. The Balaban J connectivity index is 1.36. The normalized spacial score (nSPS) is 16.0. The summed E-state index contributed by atoms with van der Waals surface area (Å²) >= 11 is 1.39. The topological polar surface area (TPSA) is 65.4 Å². The highest BCUT2D eigenvalue weighted by molar-refractivity contribution is 7.14. The number of aryl methyl sites for hydroxylation is 1. The van der Waals surface area contributed by atoms with Crippen LogP contribution in [0.5, 0.6) is 0 Å². The number of halogens is 1. The number of thiazole rings is 1. The monoisotopic (exact) mass is 443 g/mol. The van der Waals surface area contributed by atoms with Gasteiger partial charge in [-0.2, -0.15) is 0 Å². The summed E-state index contributed by atoms with van der Waals surface area (Å²) in [6.07, 6.45) is 2.54. The Hall–Kier alpha value is -2.55. The molecule has 1 N–H and O–H groups in total. The van der Waals surface area contributed by atoms with E-state index in [1.165, 1.54) is 23.5 Å². The number of carbonyl (C=O) groups is 1. The Morgan fingerprint density at radius 3 is 2.90 bits per heavy atom. The zero-order valence-corrected chi connectivity index (χ0v) is 18.5. The molecule has 4 rings (SSSR count). The van der Waals surface area contributed by atoms with Gasteiger partial charge in [0.05, 0.1) is 31.4 Å². The fourth-order valence-electron chi connectivity index (χ4n) is 3.80. The molecule has 1 atom stereocenters. The summed E-state index contributed by atoms with van der Waals surface area (Å²) in [5.41, 5.74) is 4.72. The van der Waals surface area contributed by atoms with Crippen molar-refractivity contribution < 1.29 is 18.7 Å². The van der Waals surface area contributed by atoms with E-state index in [2.05, 4.69) is 20.9 Å². The molecule has 0 saturated carbocycles. The van der Waals surface area contributed by atoms with Crippen LogP contribution in [0.3, 0.4) is 0 Å². The van der Waals surface area contributed by atoms with E-state index in [-0.39, 0.29) is 24.2 Å². The minimum absolute atomic E-state index is 0.120. The van der Waals surface area contributed by atoms with Crippen LogP contribution in [0.25, 0.3) is 16.9 Å². The number of carbonyl (C=O) groups excluding carboxylic acids is 1. The van der Waals surface area contributed by atoms with Gasteiger partial charge in [-0.1, -0.05) is 0 Å². The molecule has 0 bridgehead atoms. The molecule has 8 heteroatoms. The van der Waals surface area contributed by atoms with Crippen molar-refractivity contribution in [2.75, 3.05) is 25.1 Å². The maximum Gasteiger partial charge on any atom is 0.228 e. The van der Waals surface area contributed by atoms with Crippen LogP contribution in [-0.4, -0.2) is 41.4 Å². The van der Waals surface area contributed by atoms with Crippen LogP contribution < -0.4 is 5.32 Å². The van der Waals surface area contributed by atoms with Crippen LogP contribution in [0.2, 0.25) is 0 Å². The third kappa shape index (κ3) is 5.20. The van der Waals surface area contributed by atoms with Gasteiger partial charge >= 0.3 is 0 Å². The first-order chi connectivity index (χ1) is 15.0. The molecule has 0 spiro atoms. The average molecular weight is 444 g/mol. The fourth-order valence-corrected chi connectivity index (χ4v) is 4.53. The lowest BCUT2D eigenvalue weighted by Gasteiger charge is -2.09. The van der Waals surface area contributed by atoms with Crippen molar-refractivity contribution in [3.63, 3.8) is 0 Å². The Labute approximate surface area is 185 Å².